The molecule has 3 nitrogen and oxygen atoms in total. The summed E-state index contributed by atoms with van der Waals surface area (Å²) in [4.78, 5) is 0. The lowest BCUT2D eigenvalue weighted by Gasteiger charge is -2.12. The smallest absolute Gasteiger partial charge is 0.137 e. The third-order valence-electron chi connectivity index (χ3n) is 3.02. The van der Waals surface area contributed by atoms with Crippen molar-refractivity contribution in [3.8, 4) is 5.75 Å². The Morgan fingerprint density at radius 2 is 1.90 bits per heavy atom. The van der Waals surface area contributed by atoms with Crippen molar-refractivity contribution in [2.24, 2.45) is 0 Å². The van der Waals surface area contributed by atoms with E-state index < -0.39 is 0 Å². The molecule has 1 N–H and O–H groups in total. The Hall–Kier alpha value is -1.71. The molecule has 0 saturated carbocycles. The van der Waals surface area contributed by atoms with Crippen molar-refractivity contribution in [3.05, 3.63) is 58.6 Å². The highest BCUT2D eigenvalue weighted by Gasteiger charge is 2.04. The normalized spacial score (nSPS) is 10.3. The second-order valence-corrected chi connectivity index (χ2v) is 4.82. The Morgan fingerprint density at radius 3 is 2.60 bits per heavy atom. The van der Waals surface area contributed by atoms with Crippen LogP contribution in [0.1, 0.15) is 11.1 Å². The van der Waals surface area contributed by atoms with Crippen LogP contribution in [0.4, 0.5) is 5.69 Å². The van der Waals surface area contributed by atoms with Crippen LogP contribution < -0.4 is 10.1 Å². The van der Waals surface area contributed by atoms with E-state index >= 15 is 0 Å². The fourth-order valence-electron chi connectivity index (χ4n) is 1.99. The van der Waals surface area contributed by atoms with Crippen LogP contribution in [0.2, 0.25) is 5.02 Å². The van der Waals surface area contributed by atoms with Gasteiger partial charge in [0, 0.05) is 24.9 Å². The van der Waals surface area contributed by atoms with Gasteiger partial charge in [-0.25, -0.2) is 0 Å². The number of anilines is 1. The van der Waals surface area contributed by atoms with Crippen molar-refractivity contribution in [1.29, 1.82) is 0 Å². The molecule has 0 bridgehead atoms. The molecule has 2 aromatic rings. The molecule has 0 aliphatic heterocycles. The van der Waals surface area contributed by atoms with Gasteiger partial charge in [0.05, 0.1) is 18.7 Å². The summed E-state index contributed by atoms with van der Waals surface area (Å²) in [5.41, 5.74) is 3.30. The molecule has 0 aliphatic carbocycles. The second kappa shape index (κ2) is 7.17. The zero-order chi connectivity index (χ0) is 14.4. The zero-order valence-corrected chi connectivity index (χ0v) is 12.4. The lowest BCUT2D eigenvalue weighted by Crippen LogP contribution is -2.03. The maximum absolute atomic E-state index is 6.12. The van der Waals surface area contributed by atoms with E-state index in [9.17, 15) is 0 Å². The van der Waals surface area contributed by atoms with Crippen LogP contribution in [0.25, 0.3) is 0 Å². The summed E-state index contributed by atoms with van der Waals surface area (Å²) in [5.74, 6) is 0.690. The van der Waals surface area contributed by atoms with Gasteiger partial charge in [-0.1, -0.05) is 35.9 Å². The van der Waals surface area contributed by atoms with E-state index in [0.29, 0.717) is 23.9 Å². The molecule has 0 amide bonds. The van der Waals surface area contributed by atoms with Gasteiger partial charge in [0.25, 0.3) is 0 Å². The SMILES string of the molecule is COCc1ccccc1NCc1ccc(OC)c(Cl)c1. The van der Waals surface area contributed by atoms with E-state index in [1.807, 2.05) is 42.5 Å². The molecular formula is C16H18ClNO2. The fraction of sp³-hybridized carbons (Fsp3) is 0.250. The third-order valence-corrected chi connectivity index (χ3v) is 3.31. The number of ether oxygens (including phenoxy) is 2. The predicted molar refractivity (Wildman–Crippen MR) is 82.5 cm³/mol. The summed E-state index contributed by atoms with van der Waals surface area (Å²) in [5, 5.41) is 4.02. The van der Waals surface area contributed by atoms with E-state index in [1.165, 1.54) is 0 Å². The van der Waals surface area contributed by atoms with E-state index in [0.717, 1.165) is 16.8 Å². The van der Waals surface area contributed by atoms with E-state index in [-0.39, 0.29) is 0 Å². The number of hydrogen-bond acceptors (Lipinski definition) is 3. The minimum absolute atomic E-state index is 0.590. The fourth-order valence-corrected chi connectivity index (χ4v) is 2.27. The van der Waals surface area contributed by atoms with E-state index in [2.05, 4.69) is 5.32 Å². The number of hydrogen-bond donors (Lipinski definition) is 1. The molecule has 0 radical (unpaired) electrons. The van der Waals surface area contributed by atoms with Gasteiger partial charge in [-0.05, 0) is 23.8 Å². The van der Waals surface area contributed by atoms with Crippen LogP contribution in [0, 0.1) is 0 Å². The largest absolute Gasteiger partial charge is 0.495 e. The minimum atomic E-state index is 0.590. The van der Waals surface area contributed by atoms with Crippen LogP contribution in [-0.4, -0.2) is 14.2 Å². The summed E-state index contributed by atoms with van der Waals surface area (Å²) in [7, 11) is 3.31. The monoisotopic (exact) mass is 291 g/mol. The third kappa shape index (κ3) is 3.65. The number of methoxy groups -OCH3 is 2. The molecule has 0 spiro atoms. The second-order valence-electron chi connectivity index (χ2n) is 4.41. The number of rotatable bonds is 6. The van der Waals surface area contributed by atoms with Gasteiger partial charge in [0.1, 0.15) is 5.75 Å². The molecule has 4 heteroatoms. The highest BCUT2D eigenvalue weighted by Crippen LogP contribution is 2.25. The maximum Gasteiger partial charge on any atom is 0.137 e. The summed E-state index contributed by atoms with van der Waals surface area (Å²) >= 11 is 6.12. The van der Waals surface area contributed by atoms with Gasteiger partial charge in [-0.3, -0.25) is 0 Å². The van der Waals surface area contributed by atoms with Crippen LogP contribution in [0.5, 0.6) is 5.75 Å². The molecule has 0 heterocycles. The maximum atomic E-state index is 6.12. The van der Waals surface area contributed by atoms with Gasteiger partial charge >= 0.3 is 0 Å². The number of nitrogens with one attached hydrogen (secondary N) is 1. The molecule has 2 aromatic carbocycles. The summed E-state index contributed by atoms with van der Waals surface area (Å²) < 4.78 is 10.3. The van der Waals surface area contributed by atoms with Crippen molar-refractivity contribution in [1.82, 2.24) is 0 Å². The Balaban J connectivity index is 2.07. The highest BCUT2D eigenvalue weighted by molar-refractivity contribution is 6.32. The van der Waals surface area contributed by atoms with Crippen LogP contribution in [0.15, 0.2) is 42.5 Å². The first-order valence-electron chi connectivity index (χ1n) is 6.37. The number of halogens is 1. The molecule has 20 heavy (non-hydrogen) atoms. The molecule has 0 atom stereocenters. The van der Waals surface area contributed by atoms with Crippen molar-refractivity contribution < 1.29 is 9.47 Å². The molecular weight excluding hydrogens is 274 g/mol. The Bertz CT molecular complexity index is 572. The van der Waals surface area contributed by atoms with Gasteiger partial charge in [-0.2, -0.15) is 0 Å². The topological polar surface area (TPSA) is 30.5 Å². The Morgan fingerprint density at radius 1 is 1.10 bits per heavy atom. The lowest BCUT2D eigenvalue weighted by molar-refractivity contribution is 0.185. The van der Waals surface area contributed by atoms with Gasteiger partial charge in [0.2, 0.25) is 0 Å². The summed E-state index contributed by atoms with van der Waals surface area (Å²) in [6.07, 6.45) is 0. The first-order valence-corrected chi connectivity index (χ1v) is 6.75. The van der Waals surface area contributed by atoms with Crippen molar-refractivity contribution in [2.45, 2.75) is 13.2 Å². The van der Waals surface area contributed by atoms with Gasteiger partial charge in [-0.15, -0.1) is 0 Å². The minimum Gasteiger partial charge on any atom is -0.495 e. The van der Waals surface area contributed by atoms with Gasteiger partial charge < -0.3 is 14.8 Å². The van der Waals surface area contributed by atoms with Crippen LogP contribution >= 0.6 is 11.6 Å². The number of para-hydroxylation sites is 1. The quantitative estimate of drug-likeness (QED) is 0.869. The molecule has 2 rings (SSSR count). The van der Waals surface area contributed by atoms with Crippen LogP contribution in [0.3, 0.4) is 0 Å². The summed E-state index contributed by atoms with van der Waals surface area (Å²) in [6.45, 7) is 1.29. The van der Waals surface area contributed by atoms with Gasteiger partial charge in [0.15, 0.2) is 0 Å². The molecule has 0 fully saturated rings. The standard InChI is InChI=1S/C16H18ClNO2/c1-19-11-13-5-3-4-6-15(13)18-10-12-7-8-16(20-2)14(17)9-12/h3-9,18H,10-11H2,1-2H3. The number of benzene rings is 2. The average Bonchev–Trinajstić information content (AvgIpc) is 2.47. The van der Waals surface area contributed by atoms with Crippen LogP contribution in [-0.2, 0) is 17.9 Å². The molecule has 106 valence electrons. The molecule has 0 aromatic heterocycles. The molecule has 0 saturated heterocycles. The van der Waals surface area contributed by atoms with Crippen molar-refractivity contribution in [2.75, 3.05) is 19.5 Å². The first-order chi connectivity index (χ1) is 9.74. The Labute approximate surface area is 124 Å². The van der Waals surface area contributed by atoms with E-state index in [1.54, 1.807) is 14.2 Å². The Kier molecular flexibility index (Phi) is 5.27. The highest BCUT2D eigenvalue weighted by atomic mass is 35.5. The average molecular weight is 292 g/mol. The zero-order valence-electron chi connectivity index (χ0n) is 11.7. The molecule has 0 unspecified atom stereocenters. The first kappa shape index (κ1) is 14.7. The van der Waals surface area contributed by atoms with Crippen molar-refractivity contribution >= 4 is 17.3 Å². The van der Waals surface area contributed by atoms with E-state index in [4.69, 9.17) is 21.1 Å². The molecule has 0 aliphatic rings. The predicted octanol–water partition coefficient (Wildman–Crippen LogP) is 4.11. The lowest BCUT2D eigenvalue weighted by atomic mass is 10.1. The summed E-state index contributed by atoms with van der Waals surface area (Å²) in [6, 6.07) is 13.9. The van der Waals surface area contributed by atoms with Crippen molar-refractivity contribution in [3.63, 3.8) is 0 Å².